The van der Waals surface area contributed by atoms with E-state index in [1.165, 1.54) is 9.78 Å². The maximum Gasteiger partial charge on any atom is 0.273 e. The molecule has 2 aromatic heterocycles. The van der Waals surface area contributed by atoms with E-state index in [9.17, 15) is 4.79 Å². The highest BCUT2D eigenvalue weighted by atomic mass is 32.1. The van der Waals surface area contributed by atoms with Crippen molar-refractivity contribution in [3.63, 3.8) is 0 Å². The largest absolute Gasteiger partial charge is 0.343 e. The van der Waals surface area contributed by atoms with Crippen LogP contribution in [0.1, 0.15) is 15.4 Å². The molecule has 14 heavy (non-hydrogen) atoms. The quantitative estimate of drug-likeness (QED) is 0.712. The molecule has 2 aromatic rings. The lowest BCUT2D eigenvalue weighted by atomic mass is 10.4. The van der Waals surface area contributed by atoms with Crippen molar-refractivity contribution >= 4 is 22.2 Å². The highest BCUT2D eigenvalue weighted by Crippen LogP contribution is 2.16. The molecule has 1 amide bonds. The number of amides is 1. The number of aryl methyl sites for hydroxylation is 1. The first kappa shape index (κ1) is 9.21. The molecule has 0 bridgehead atoms. The van der Waals surface area contributed by atoms with Crippen LogP contribution in [0.2, 0.25) is 0 Å². The number of nitrogens with zero attached hydrogens (tertiary/aromatic N) is 3. The van der Waals surface area contributed by atoms with Crippen LogP contribution < -0.4 is 0 Å². The van der Waals surface area contributed by atoms with Crippen LogP contribution in [0.5, 0.6) is 0 Å². The van der Waals surface area contributed by atoms with Gasteiger partial charge in [0, 0.05) is 31.4 Å². The first-order valence-electron chi connectivity index (χ1n) is 4.24. The van der Waals surface area contributed by atoms with Crippen LogP contribution >= 0.6 is 11.3 Å². The molecule has 0 aliphatic rings. The van der Waals surface area contributed by atoms with Gasteiger partial charge in [-0.2, -0.15) is 0 Å². The molecule has 2 rings (SSSR count). The minimum atomic E-state index is -0.0569. The second-order valence-corrected chi connectivity index (χ2v) is 4.57. The molecular formula is C9H11N3OS. The van der Waals surface area contributed by atoms with Crippen molar-refractivity contribution in [3.05, 3.63) is 23.0 Å². The predicted molar refractivity (Wildman–Crippen MR) is 55.8 cm³/mol. The van der Waals surface area contributed by atoms with E-state index in [0.717, 1.165) is 4.96 Å². The highest BCUT2D eigenvalue weighted by molar-refractivity contribution is 7.17. The molecule has 0 saturated heterocycles. The Morgan fingerprint density at radius 3 is 2.79 bits per heavy atom. The minimum Gasteiger partial charge on any atom is -0.343 e. The fourth-order valence-electron chi connectivity index (χ4n) is 1.24. The van der Waals surface area contributed by atoms with Gasteiger partial charge in [0.15, 0.2) is 4.96 Å². The van der Waals surface area contributed by atoms with Crippen LogP contribution in [0.25, 0.3) is 4.96 Å². The van der Waals surface area contributed by atoms with Gasteiger partial charge in [-0.15, -0.1) is 11.3 Å². The van der Waals surface area contributed by atoms with Crippen molar-refractivity contribution in [2.75, 3.05) is 14.1 Å². The average molecular weight is 209 g/mol. The molecule has 0 fully saturated rings. The van der Waals surface area contributed by atoms with E-state index in [-0.39, 0.29) is 5.91 Å². The Morgan fingerprint density at radius 1 is 1.50 bits per heavy atom. The van der Waals surface area contributed by atoms with Crippen LogP contribution in [0.15, 0.2) is 12.4 Å². The molecule has 5 heteroatoms. The number of aromatic nitrogens is 2. The number of carbonyl (C=O) groups is 1. The number of carbonyl (C=O) groups excluding carboxylic acids is 1. The molecule has 74 valence electrons. The van der Waals surface area contributed by atoms with Gasteiger partial charge in [-0.3, -0.25) is 9.20 Å². The van der Waals surface area contributed by atoms with Gasteiger partial charge in [0.25, 0.3) is 5.91 Å². The van der Waals surface area contributed by atoms with E-state index in [1.807, 2.05) is 17.5 Å². The Kier molecular flexibility index (Phi) is 2.03. The fraction of sp³-hybridized carbons (Fsp3) is 0.333. The van der Waals surface area contributed by atoms with Crippen molar-refractivity contribution in [3.8, 4) is 0 Å². The van der Waals surface area contributed by atoms with Crippen LogP contribution in [0.4, 0.5) is 0 Å². The number of hydrogen-bond acceptors (Lipinski definition) is 3. The number of hydrogen-bond donors (Lipinski definition) is 0. The molecule has 4 nitrogen and oxygen atoms in total. The molecule has 0 spiro atoms. The third-order valence-corrected chi connectivity index (χ3v) is 2.81. The van der Waals surface area contributed by atoms with E-state index in [2.05, 4.69) is 4.98 Å². The Hall–Kier alpha value is -1.36. The number of thiazole rings is 1. The van der Waals surface area contributed by atoms with Gasteiger partial charge in [-0.25, -0.2) is 4.98 Å². The molecule has 0 radical (unpaired) electrons. The molecule has 0 saturated carbocycles. The SMILES string of the molecule is Cc1cn2cc(C(=O)N(C)C)nc2s1. The summed E-state index contributed by atoms with van der Waals surface area (Å²) >= 11 is 1.58. The minimum absolute atomic E-state index is 0.0569. The highest BCUT2D eigenvalue weighted by Gasteiger charge is 2.13. The van der Waals surface area contributed by atoms with Crippen molar-refractivity contribution in [1.29, 1.82) is 0 Å². The number of imidazole rings is 1. The lowest BCUT2D eigenvalue weighted by Gasteiger charge is -2.06. The van der Waals surface area contributed by atoms with E-state index >= 15 is 0 Å². The van der Waals surface area contributed by atoms with Crippen molar-refractivity contribution < 1.29 is 4.79 Å². The Balaban J connectivity index is 2.45. The molecule has 0 aliphatic carbocycles. The molecule has 0 N–H and O–H groups in total. The van der Waals surface area contributed by atoms with E-state index in [1.54, 1.807) is 31.6 Å². The summed E-state index contributed by atoms with van der Waals surface area (Å²) in [5.74, 6) is -0.0569. The van der Waals surface area contributed by atoms with Crippen LogP contribution in [-0.4, -0.2) is 34.3 Å². The first-order chi connectivity index (χ1) is 6.58. The Bertz CT molecular complexity index is 452. The lowest BCUT2D eigenvalue weighted by Crippen LogP contribution is -2.21. The maximum atomic E-state index is 11.6. The first-order valence-corrected chi connectivity index (χ1v) is 5.06. The topological polar surface area (TPSA) is 37.6 Å². The zero-order chi connectivity index (χ0) is 10.3. The summed E-state index contributed by atoms with van der Waals surface area (Å²) in [6.07, 6.45) is 3.74. The van der Waals surface area contributed by atoms with Crippen molar-refractivity contribution in [1.82, 2.24) is 14.3 Å². The van der Waals surface area contributed by atoms with Gasteiger partial charge in [-0.1, -0.05) is 0 Å². The second-order valence-electron chi connectivity index (χ2n) is 3.36. The molecule has 0 aliphatic heterocycles. The summed E-state index contributed by atoms with van der Waals surface area (Å²) in [4.78, 5) is 19.4. The third-order valence-electron chi connectivity index (χ3n) is 1.90. The normalized spacial score (nSPS) is 10.8. The zero-order valence-corrected chi connectivity index (χ0v) is 9.13. The third kappa shape index (κ3) is 1.39. The average Bonchev–Trinajstić information content (AvgIpc) is 2.59. The number of fused-ring (bicyclic) bond motifs is 1. The van der Waals surface area contributed by atoms with Crippen LogP contribution in [0.3, 0.4) is 0 Å². The molecular weight excluding hydrogens is 198 g/mol. The van der Waals surface area contributed by atoms with Crippen molar-refractivity contribution in [2.24, 2.45) is 0 Å². The van der Waals surface area contributed by atoms with Gasteiger partial charge in [-0.05, 0) is 6.92 Å². The van der Waals surface area contributed by atoms with E-state index in [0.29, 0.717) is 5.69 Å². The number of rotatable bonds is 1. The maximum absolute atomic E-state index is 11.6. The van der Waals surface area contributed by atoms with Crippen molar-refractivity contribution in [2.45, 2.75) is 6.92 Å². The molecule has 0 aromatic carbocycles. The summed E-state index contributed by atoms with van der Waals surface area (Å²) in [5, 5.41) is 0. The van der Waals surface area contributed by atoms with E-state index in [4.69, 9.17) is 0 Å². The van der Waals surface area contributed by atoms with Crippen LogP contribution in [-0.2, 0) is 0 Å². The molecule has 0 unspecified atom stereocenters. The Morgan fingerprint density at radius 2 is 2.21 bits per heavy atom. The summed E-state index contributed by atoms with van der Waals surface area (Å²) in [6.45, 7) is 2.02. The Labute approximate surface area is 85.8 Å². The van der Waals surface area contributed by atoms with Gasteiger partial charge in [0.05, 0.1) is 0 Å². The van der Waals surface area contributed by atoms with Gasteiger partial charge < -0.3 is 4.90 Å². The summed E-state index contributed by atoms with van der Waals surface area (Å²) < 4.78 is 1.89. The molecule has 0 atom stereocenters. The predicted octanol–water partition coefficient (Wildman–Crippen LogP) is 1.41. The fourth-order valence-corrected chi connectivity index (χ4v) is 2.05. The van der Waals surface area contributed by atoms with Gasteiger partial charge in [0.1, 0.15) is 5.69 Å². The molecule has 2 heterocycles. The van der Waals surface area contributed by atoms with Gasteiger partial charge >= 0.3 is 0 Å². The lowest BCUT2D eigenvalue weighted by molar-refractivity contribution is 0.0822. The second kappa shape index (κ2) is 3.09. The monoisotopic (exact) mass is 209 g/mol. The summed E-state index contributed by atoms with van der Waals surface area (Å²) in [6, 6.07) is 0. The summed E-state index contributed by atoms with van der Waals surface area (Å²) in [5.41, 5.74) is 0.501. The van der Waals surface area contributed by atoms with Gasteiger partial charge in [0.2, 0.25) is 0 Å². The zero-order valence-electron chi connectivity index (χ0n) is 8.31. The summed E-state index contributed by atoms with van der Waals surface area (Å²) in [7, 11) is 3.45. The van der Waals surface area contributed by atoms with Crippen LogP contribution in [0, 0.1) is 6.92 Å². The standard InChI is InChI=1S/C9H11N3OS/c1-6-4-12-5-7(8(13)11(2)3)10-9(12)14-6/h4-5H,1-3H3. The smallest absolute Gasteiger partial charge is 0.273 e. The van der Waals surface area contributed by atoms with E-state index < -0.39 is 0 Å².